The van der Waals surface area contributed by atoms with Crippen LogP contribution in [0.25, 0.3) is 11.1 Å². The molecule has 0 bridgehead atoms. The topological polar surface area (TPSA) is 144 Å². The highest BCUT2D eigenvalue weighted by molar-refractivity contribution is 6.09. The first-order valence-corrected chi connectivity index (χ1v) is 10.6. The fourth-order valence-corrected chi connectivity index (χ4v) is 3.56. The highest BCUT2D eigenvalue weighted by Gasteiger charge is 2.17. The van der Waals surface area contributed by atoms with Gasteiger partial charge in [-0.1, -0.05) is 48.5 Å². The van der Waals surface area contributed by atoms with E-state index in [0.29, 0.717) is 22.5 Å². The molecular formula is C26H18N4O6. The number of nitro benzene ring substituents is 2. The molecule has 0 fully saturated rings. The maximum absolute atomic E-state index is 12.8. The van der Waals surface area contributed by atoms with Crippen LogP contribution in [0.2, 0.25) is 0 Å². The summed E-state index contributed by atoms with van der Waals surface area (Å²) in [5, 5.41) is 27.7. The molecule has 4 rings (SSSR count). The Kier molecular flexibility index (Phi) is 6.78. The average Bonchev–Trinajstić information content (AvgIpc) is 2.89. The summed E-state index contributed by atoms with van der Waals surface area (Å²) in [6, 6.07) is 24.6. The molecule has 2 amide bonds. The van der Waals surface area contributed by atoms with Crippen LogP contribution in [0.5, 0.6) is 0 Å². The SMILES string of the molecule is O=C(Nc1ccccc1-c1ccccc1NC(=O)c1cccc([N+](=O)[O-])c1)c1cccc([N+](=O)[O-])c1. The van der Waals surface area contributed by atoms with Crippen molar-refractivity contribution in [3.05, 3.63) is 128 Å². The fraction of sp³-hybridized carbons (Fsp3) is 0. The second-order valence-electron chi connectivity index (χ2n) is 7.61. The second kappa shape index (κ2) is 10.3. The van der Waals surface area contributed by atoms with Gasteiger partial charge in [-0.25, -0.2) is 0 Å². The molecule has 0 unspecified atom stereocenters. The van der Waals surface area contributed by atoms with Crippen molar-refractivity contribution in [3.63, 3.8) is 0 Å². The summed E-state index contributed by atoms with van der Waals surface area (Å²) in [5.74, 6) is -1.08. The number of nitro groups is 2. The minimum absolute atomic E-state index is 0.117. The number of benzene rings is 4. The third-order valence-electron chi connectivity index (χ3n) is 5.28. The number of carbonyl (C=O) groups is 2. The van der Waals surface area contributed by atoms with Crippen molar-refractivity contribution in [1.29, 1.82) is 0 Å². The second-order valence-corrected chi connectivity index (χ2v) is 7.61. The largest absolute Gasteiger partial charge is 0.321 e. The van der Waals surface area contributed by atoms with Crippen molar-refractivity contribution < 1.29 is 19.4 Å². The van der Waals surface area contributed by atoms with Crippen LogP contribution in [-0.2, 0) is 0 Å². The predicted molar refractivity (Wildman–Crippen MR) is 134 cm³/mol. The van der Waals surface area contributed by atoms with Crippen LogP contribution in [0.1, 0.15) is 20.7 Å². The van der Waals surface area contributed by atoms with Gasteiger partial charge in [-0.2, -0.15) is 0 Å². The Balaban J connectivity index is 1.64. The summed E-state index contributed by atoms with van der Waals surface area (Å²) >= 11 is 0. The standard InChI is InChI=1S/C26H18N4O6/c31-25(17-7-5-9-19(15-17)29(33)34)27-23-13-3-1-11-21(23)22-12-2-4-14-24(22)28-26(32)18-8-6-10-20(16-18)30(35)36/h1-16H,(H,27,31)(H,28,32). The zero-order valence-electron chi connectivity index (χ0n) is 18.6. The zero-order valence-corrected chi connectivity index (χ0v) is 18.6. The summed E-state index contributed by atoms with van der Waals surface area (Å²) < 4.78 is 0. The molecule has 0 saturated carbocycles. The minimum Gasteiger partial charge on any atom is -0.321 e. The van der Waals surface area contributed by atoms with Gasteiger partial charge < -0.3 is 10.6 Å². The maximum atomic E-state index is 12.8. The summed E-state index contributed by atoms with van der Waals surface area (Å²) in [7, 11) is 0. The van der Waals surface area contributed by atoms with Crippen molar-refractivity contribution in [2.24, 2.45) is 0 Å². The molecule has 0 aromatic heterocycles. The number of rotatable bonds is 7. The van der Waals surface area contributed by atoms with E-state index in [-0.39, 0.29) is 22.5 Å². The molecule has 0 aliphatic heterocycles. The van der Waals surface area contributed by atoms with Crippen molar-refractivity contribution in [3.8, 4) is 11.1 Å². The summed E-state index contributed by atoms with van der Waals surface area (Å²) in [5.41, 5.74) is 1.85. The number of carbonyl (C=O) groups excluding carboxylic acids is 2. The Labute approximate surface area is 204 Å². The quantitative estimate of drug-likeness (QED) is 0.256. The lowest BCUT2D eigenvalue weighted by atomic mass is 10.0. The molecule has 2 N–H and O–H groups in total. The van der Waals surface area contributed by atoms with E-state index in [9.17, 15) is 29.8 Å². The van der Waals surface area contributed by atoms with E-state index in [4.69, 9.17) is 0 Å². The van der Waals surface area contributed by atoms with Crippen molar-refractivity contribution in [2.45, 2.75) is 0 Å². The highest BCUT2D eigenvalue weighted by atomic mass is 16.6. The molecule has 178 valence electrons. The molecule has 36 heavy (non-hydrogen) atoms. The predicted octanol–water partition coefficient (Wildman–Crippen LogP) is 5.67. The van der Waals surface area contributed by atoms with Crippen molar-refractivity contribution >= 4 is 34.6 Å². The van der Waals surface area contributed by atoms with E-state index < -0.39 is 21.7 Å². The molecule has 0 aliphatic carbocycles. The normalized spacial score (nSPS) is 10.3. The lowest BCUT2D eigenvalue weighted by Gasteiger charge is -2.15. The van der Waals surface area contributed by atoms with Gasteiger partial charge in [-0.3, -0.25) is 29.8 Å². The average molecular weight is 482 g/mol. The first-order chi connectivity index (χ1) is 17.3. The molecule has 0 saturated heterocycles. The number of hydrogen-bond acceptors (Lipinski definition) is 6. The van der Waals surface area contributed by atoms with Gasteiger partial charge in [0.1, 0.15) is 0 Å². The summed E-state index contributed by atoms with van der Waals surface area (Å²) in [4.78, 5) is 46.7. The molecular weight excluding hydrogens is 464 g/mol. The summed E-state index contributed by atoms with van der Waals surface area (Å²) in [6.07, 6.45) is 0. The lowest BCUT2D eigenvalue weighted by Crippen LogP contribution is -2.14. The van der Waals surface area contributed by atoms with Crippen molar-refractivity contribution in [2.75, 3.05) is 10.6 Å². The molecule has 0 heterocycles. The molecule has 0 radical (unpaired) electrons. The molecule has 4 aromatic carbocycles. The first kappa shape index (κ1) is 23.8. The third-order valence-corrected chi connectivity index (χ3v) is 5.28. The Morgan fingerprint density at radius 3 is 1.33 bits per heavy atom. The number of nitrogens with one attached hydrogen (secondary N) is 2. The van der Waals surface area contributed by atoms with Gasteiger partial charge in [-0.15, -0.1) is 0 Å². The van der Waals surface area contributed by atoms with Gasteiger partial charge in [0.25, 0.3) is 23.2 Å². The Morgan fingerprint density at radius 2 is 0.944 bits per heavy atom. The number of non-ortho nitro benzene ring substituents is 2. The van der Waals surface area contributed by atoms with Gasteiger partial charge in [0, 0.05) is 57.9 Å². The number of para-hydroxylation sites is 2. The molecule has 4 aromatic rings. The van der Waals surface area contributed by atoms with Crippen LogP contribution in [0.4, 0.5) is 22.7 Å². The van der Waals surface area contributed by atoms with Gasteiger partial charge in [-0.05, 0) is 24.3 Å². The molecule has 0 atom stereocenters. The van der Waals surface area contributed by atoms with Crippen LogP contribution in [0, 0.1) is 20.2 Å². The van der Waals surface area contributed by atoms with E-state index in [1.807, 2.05) is 0 Å². The number of anilines is 2. The van der Waals surface area contributed by atoms with E-state index >= 15 is 0 Å². The molecule has 0 spiro atoms. The van der Waals surface area contributed by atoms with E-state index in [0.717, 1.165) is 0 Å². The Morgan fingerprint density at radius 1 is 0.556 bits per heavy atom. The zero-order chi connectivity index (χ0) is 25.7. The smallest absolute Gasteiger partial charge is 0.270 e. The van der Waals surface area contributed by atoms with Gasteiger partial charge >= 0.3 is 0 Å². The molecule has 0 aliphatic rings. The Hall–Kier alpha value is -5.38. The Bertz CT molecular complexity index is 1390. The van der Waals surface area contributed by atoms with Gasteiger partial charge in [0.15, 0.2) is 0 Å². The van der Waals surface area contributed by atoms with Crippen molar-refractivity contribution in [1.82, 2.24) is 0 Å². The van der Waals surface area contributed by atoms with Crippen LogP contribution in [0.3, 0.4) is 0 Å². The lowest BCUT2D eigenvalue weighted by molar-refractivity contribution is -0.385. The van der Waals surface area contributed by atoms with E-state index in [1.54, 1.807) is 48.5 Å². The van der Waals surface area contributed by atoms with Crippen LogP contribution in [0.15, 0.2) is 97.1 Å². The first-order valence-electron chi connectivity index (χ1n) is 10.6. The minimum atomic E-state index is -0.578. The van der Waals surface area contributed by atoms with Gasteiger partial charge in [0.2, 0.25) is 0 Å². The van der Waals surface area contributed by atoms with Crippen LogP contribution in [-0.4, -0.2) is 21.7 Å². The fourth-order valence-electron chi connectivity index (χ4n) is 3.56. The van der Waals surface area contributed by atoms with Crippen LogP contribution >= 0.6 is 0 Å². The van der Waals surface area contributed by atoms with Gasteiger partial charge in [0.05, 0.1) is 9.85 Å². The molecule has 10 nitrogen and oxygen atoms in total. The molecule has 10 heteroatoms. The van der Waals surface area contributed by atoms with E-state index in [2.05, 4.69) is 10.6 Å². The summed E-state index contributed by atoms with van der Waals surface area (Å²) in [6.45, 7) is 0. The van der Waals surface area contributed by atoms with Crippen LogP contribution < -0.4 is 10.6 Å². The third kappa shape index (κ3) is 5.23. The highest BCUT2D eigenvalue weighted by Crippen LogP contribution is 2.34. The number of hydrogen-bond donors (Lipinski definition) is 2. The van der Waals surface area contributed by atoms with E-state index in [1.165, 1.54) is 48.5 Å². The number of amides is 2. The monoisotopic (exact) mass is 482 g/mol. The number of nitrogens with zero attached hydrogens (tertiary/aromatic N) is 2. The maximum Gasteiger partial charge on any atom is 0.270 e.